The zero-order valence-corrected chi connectivity index (χ0v) is 11.3. The van der Waals surface area contributed by atoms with Crippen LogP contribution >= 0.6 is 11.6 Å². The minimum atomic E-state index is -0.194. The maximum atomic E-state index is 12.4. The summed E-state index contributed by atoms with van der Waals surface area (Å²) in [4.78, 5) is 14.1. The lowest BCUT2D eigenvalue weighted by atomic mass is 10.00. The van der Waals surface area contributed by atoms with Gasteiger partial charge in [0.05, 0.1) is 5.69 Å². The third-order valence-corrected chi connectivity index (χ3v) is 3.85. The monoisotopic (exact) mass is 276 g/mol. The highest BCUT2D eigenvalue weighted by Crippen LogP contribution is 2.25. The Kier molecular flexibility index (Phi) is 3.03. The molecular formula is C14H13ClN2O2. The maximum Gasteiger partial charge on any atom is 0.294 e. The number of fused-ring (bicyclic) bond motifs is 1. The molecule has 0 radical (unpaired) electrons. The summed E-state index contributed by atoms with van der Waals surface area (Å²) in [6.07, 6.45) is 0.854. The molecule has 1 aliphatic rings. The molecule has 2 aromatic rings. The fourth-order valence-corrected chi connectivity index (χ4v) is 2.45. The number of carbonyl (C=O) groups is 1. The van der Waals surface area contributed by atoms with Gasteiger partial charge < -0.3 is 9.42 Å². The molecule has 98 valence electrons. The smallest absolute Gasteiger partial charge is 0.294 e. The Morgan fingerprint density at radius 1 is 1.37 bits per heavy atom. The largest absolute Gasteiger partial charge is 0.349 e. The molecule has 3 rings (SSSR count). The van der Waals surface area contributed by atoms with E-state index in [9.17, 15) is 4.79 Å². The number of aryl methyl sites for hydroxylation is 1. The number of amides is 1. The summed E-state index contributed by atoms with van der Waals surface area (Å²) >= 11 is 6.02. The second kappa shape index (κ2) is 4.70. The van der Waals surface area contributed by atoms with Crippen LogP contribution in [-0.2, 0) is 13.0 Å². The van der Waals surface area contributed by atoms with Crippen LogP contribution in [0.25, 0.3) is 0 Å². The fraction of sp³-hybridized carbons (Fsp3) is 0.286. The molecule has 4 nitrogen and oxygen atoms in total. The Morgan fingerprint density at radius 3 is 2.79 bits per heavy atom. The van der Waals surface area contributed by atoms with Crippen molar-refractivity contribution in [3.05, 3.63) is 51.9 Å². The highest BCUT2D eigenvalue weighted by molar-refractivity contribution is 6.33. The van der Waals surface area contributed by atoms with Gasteiger partial charge in [-0.25, -0.2) is 0 Å². The molecule has 0 spiro atoms. The number of carbonyl (C=O) groups excluding carboxylic acids is 1. The van der Waals surface area contributed by atoms with Crippen molar-refractivity contribution in [1.29, 1.82) is 0 Å². The summed E-state index contributed by atoms with van der Waals surface area (Å²) in [7, 11) is 0. The summed E-state index contributed by atoms with van der Waals surface area (Å²) in [5.41, 5.74) is 3.02. The normalized spacial score (nSPS) is 14.3. The van der Waals surface area contributed by atoms with E-state index in [-0.39, 0.29) is 11.7 Å². The van der Waals surface area contributed by atoms with Gasteiger partial charge in [-0.05, 0) is 24.5 Å². The van der Waals surface area contributed by atoms with E-state index in [4.69, 9.17) is 16.1 Å². The van der Waals surface area contributed by atoms with Crippen molar-refractivity contribution >= 4 is 17.5 Å². The predicted octanol–water partition coefficient (Wildman–Crippen LogP) is 2.83. The Morgan fingerprint density at radius 2 is 2.11 bits per heavy atom. The topological polar surface area (TPSA) is 46.3 Å². The minimum Gasteiger partial charge on any atom is -0.349 e. The van der Waals surface area contributed by atoms with Gasteiger partial charge in [0.25, 0.3) is 5.91 Å². The van der Waals surface area contributed by atoms with E-state index < -0.39 is 0 Å². The Balaban J connectivity index is 1.85. The zero-order chi connectivity index (χ0) is 13.4. The molecule has 5 heteroatoms. The quantitative estimate of drug-likeness (QED) is 0.805. The first kappa shape index (κ1) is 12.2. The molecule has 0 saturated carbocycles. The molecule has 0 saturated heterocycles. The first-order valence-electron chi connectivity index (χ1n) is 6.14. The third-order valence-electron chi connectivity index (χ3n) is 3.40. The van der Waals surface area contributed by atoms with Crippen molar-refractivity contribution in [2.24, 2.45) is 0 Å². The molecule has 19 heavy (non-hydrogen) atoms. The van der Waals surface area contributed by atoms with Crippen LogP contribution in [-0.4, -0.2) is 22.5 Å². The van der Waals surface area contributed by atoms with E-state index in [0.29, 0.717) is 23.8 Å². The molecule has 0 fully saturated rings. The molecule has 2 heterocycles. The number of aromatic nitrogens is 1. The lowest BCUT2D eigenvalue weighted by Gasteiger charge is -2.28. The number of hydrogen-bond acceptors (Lipinski definition) is 3. The van der Waals surface area contributed by atoms with E-state index in [0.717, 1.165) is 6.42 Å². The fourth-order valence-electron chi connectivity index (χ4n) is 2.30. The molecule has 0 aliphatic carbocycles. The zero-order valence-electron chi connectivity index (χ0n) is 10.5. The summed E-state index contributed by atoms with van der Waals surface area (Å²) in [5, 5.41) is 4.03. The lowest BCUT2D eigenvalue weighted by molar-refractivity contribution is 0.0692. The standard InChI is InChI=1S/C14H13ClN2O2/c1-9-12(15)13(19-16-9)14(18)17-7-6-10-4-2-3-5-11(10)8-17/h2-5H,6-8H2,1H3. The highest BCUT2D eigenvalue weighted by Gasteiger charge is 2.27. The third kappa shape index (κ3) is 2.12. The van der Waals surface area contributed by atoms with Gasteiger partial charge >= 0.3 is 0 Å². The summed E-state index contributed by atoms with van der Waals surface area (Å²) in [5.74, 6) is -0.0568. The van der Waals surface area contributed by atoms with Gasteiger partial charge in [0.1, 0.15) is 5.02 Å². The number of rotatable bonds is 1. The van der Waals surface area contributed by atoms with Crippen LogP contribution in [0, 0.1) is 6.92 Å². The van der Waals surface area contributed by atoms with Crippen molar-refractivity contribution in [2.45, 2.75) is 19.9 Å². The minimum absolute atomic E-state index is 0.138. The molecule has 0 bridgehead atoms. The van der Waals surface area contributed by atoms with Crippen LogP contribution in [0.3, 0.4) is 0 Å². The first-order valence-corrected chi connectivity index (χ1v) is 6.52. The molecule has 1 aromatic heterocycles. The van der Waals surface area contributed by atoms with Crippen molar-refractivity contribution < 1.29 is 9.32 Å². The predicted molar refractivity (Wildman–Crippen MR) is 71.1 cm³/mol. The molecule has 1 aliphatic heterocycles. The Hall–Kier alpha value is -1.81. The maximum absolute atomic E-state index is 12.4. The van der Waals surface area contributed by atoms with Crippen molar-refractivity contribution in [1.82, 2.24) is 10.1 Å². The van der Waals surface area contributed by atoms with Gasteiger partial charge in [-0.15, -0.1) is 0 Å². The van der Waals surface area contributed by atoms with E-state index in [1.54, 1.807) is 11.8 Å². The molecule has 1 amide bonds. The van der Waals surface area contributed by atoms with Crippen LogP contribution in [0.4, 0.5) is 0 Å². The summed E-state index contributed by atoms with van der Waals surface area (Å²) in [6, 6.07) is 8.15. The SMILES string of the molecule is Cc1noc(C(=O)N2CCc3ccccc3C2)c1Cl. The number of nitrogens with zero attached hydrogens (tertiary/aromatic N) is 2. The van der Waals surface area contributed by atoms with Crippen molar-refractivity contribution in [3.8, 4) is 0 Å². The van der Waals surface area contributed by atoms with E-state index in [1.807, 2.05) is 18.2 Å². The Labute approximate surface area is 115 Å². The van der Waals surface area contributed by atoms with E-state index in [2.05, 4.69) is 11.2 Å². The number of halogens is 1. The molecule has 0 unspecified atom stereocenters. The van der Waals surface area contributed by atoms with Gasteiger partial charge in [-0.1, -0.05) is 41.0 Å². The van der Waals surface area contributed by atoms with E-state index >= 15 is 0 Å². The lowest BCUT2D eigenvalue weighted by Crippen LogP contribution is -2.35. The van der Waals surface area contributed by atoms with Gasteiger partial charge in [-0.2, -0.15) is 0 Å². The van der Waals surface area contributed by atoms with Gasteiger partial charge in [-0.3, -0.25) is 4.79 Å². The average Bonchev–Trinajstić information content (AvgIpc) is 2.78. The number of benzene rings is 1. The van der Waals surface area contributed by atoms with Crippen LogP contribution in [0.2, 0.25) is 5.02 Å². The Bertz CT molecular complexity index is 636. The molecule has 0 atom stereocenters. The highest BCUT2D eigenvalue weighted by atomic mass is 35.5. The first-order chi connectivity index (χ1) is 9.16. The average molecular weight is 277 g/mol. The molecule has 1 aromatic carbocycles. The van der Waals surface area contributed by atoms with Gasteiger partial charge in [0.2, 0.25) is 5.76 Å². The number of hydrogen-bond donors (Lipinski definition) is 0. The van der Waals surface area contributed by atoms with Crippen LogP contribution in [0.1, 0.15) is 27.4 Å². The van der Waals surface area contributed by atoms with Crippen LogP contribution in [0.15, 0.2) is 28.8 Å². The molecular weight excluding hydrogens is 264 g/mol. The van der Waals surface area contributed by atoms with Crippen molar-refractivity contribution in [2.75, 3.05) is 6.54 Å². The van der Waals surface area contributed by atoms with Gasteiger partial charge in [0, 0.05) is 13.1 Å². The summed E-state index contributed by atoms with van der Waals surface area (Å²) in [6.45, 7) is 2.98. The second-order valence-electron chi connectivity index (χ2n) is 4.66. The molecule has 0 N–H and O–H groups in total. The van der Waals surface area contributed by atoms with Gasteiger partial charge in [0.15, 0.2) is 0 Å². The second-order valence-corrected chi connectivity index (χ2v) is 5.03. The van der Waals surface area contributed by atoms with Crippen LogP contribution in [0.5, 0.6) is 0 Å². The summed E-state index contributed by atoms with van der Waals surface area (Å²) < 4.78 is 5.02. The van der Waals surface area contributed by atoms with Crippen molar-refractivity contribution in [3.63, 3.8) is 0 Å². The van der Waals surface area contributed by atoms with E-state index in [1.165, 1.54) is 11.1 Å². The van der Waals surface area contributed by atoms with Crippen LogP contribution < -0.4 is 0 Å².